The van der Waals surface area contributed by atoms with Gasteiger partial charge in [-0.25, -0.2) is 4.79 Å². The first kappa shape index (κ1) is 31.4. The largest absolute Gasteiger partial charge is 0.480 e. The third-order valence-corrected chi connectivity index (χ3v) is 5.98. The molecule has 0 saturated carbocycles. The molecule has 4 atom stereocenters. The summed E-state index contributed by atoms with van der Waals surface area (Å²) in [6, 6.07) is -3.81. The van der Waals surface area contributed by atoms with Crippen molar-refractivity contribution in [1.29, 1.82) is 0 Å². The van der Waals surface area contributed by atoms with Gasteiger partial charge < -0.3 is 49.3 Å². The average molecular weight is 527 g/mol. The van der Waals surface area contributed by atoms with Crippen LogP contribution in [0.5, 0.6) is 0 Å². The van der Waals surface area contributed by atoms with Crippen LogP contribution in [0.2, 0.25) is 0 Å². The first-order chi connectivity index (χ1) is 17.3. The Morgan fingerprint density at radius 3 is 1.97 bits per heavy atom. The van der Waals surface area contributed by atoms with Crippen LogP contribution in [-0.4, -0.2) is 89.4 Å². The summed E-state index contributed by atoms with van der Waals surface area (Å²) in [5, 5.41) is 14.7. The van der Waals surface area contributed by atoms with Crippen LogP contribution in [0.4, 0.5) is 0 Å². The highest BCUT2D eigenvalue weighted by molar-refractivity contribution is 5.94. The van der Waals surface area contributed by atoms with E-state index in [-0.39, 0.29) is 50.3 Å². The number of guanidine groups is 2. The third kappa shape index (κ3) is 10.9. The molecule has 15 heteroatoms. The molecule has 1 fully saturated rings. The topological polar surface area (TPSA) is 271 Å². The lowest BCUT2D eigenvalue weighted by Gasteiger charge is -2.30. The zero-order valence-corrected chi connectivity index (χ0v) is 21.6. The van der Waals surface area contributed by atoms with Crippen molar-refractivity contribution in [3.63, 3.8) is 0 Å². The fraction of sp³-hybridized carbons (Fsp3) is 0.727. The molecular weight excluding hydrogens is 484 g/mol. The molecule has 1 aliphatic rings. The normalized spacial score (nSPS) is 17.4. The summed E-state index contributed by atoms with van der Waals surface area (Å²) in [5.41, 5.74) is 27.2. The Morgan fingerprint density at radius 1 is 0.946 bits per heavy atom. The van der Waals surface area contributed by atoms with E-state index in [0.717, 1.165) is 0 Å². The maximum Gasteiger partial charge on any atom is 0.326 e. The van der Waals surface area contributed by atoms with Crippen LogP contribution in [0.15, 0.2) is 9.98 Å². The average Bonchev–Trinajstić information content (AvgIpc) is 3.31. The molecular formula is C22H42N10O5. The molecule has 1 unspecified atom stereocenters. The number of aliphatic imine (C=N–C) groups is 2. The highest BCUT2D eigenvalue weighted by Gasteiger charge is 2.39. The Kier molecular flexibility index (Phi) is 13.1. The van der Waals surface area contributed by atoms with Crippen molar-refractivity contribution in [1.82, 2.24) is 15.5 Å². The van der Waals surface area contributed by atoms with Crippen molar-refractivity contribution >= 4 is 35.6 Å². The van der Waals surface area contributed by atoms with Gasteiger partial charge in [-0.05, 0) is 44.4 Å². The maximum absolute atomic E-state index is 13.5. The van der Waals surface area contributed by atoms with E-state index in [9.17, 15) is 24.3 Å². The Morgan fingerprint density at radius 2 is 1.49 bits per heavy atom. The molecule has 0 radical (unpaired) electrons. The number of likely N-dealkylation sites (tertiary alicyclic amines) is 1. The molecule has 0 aromatic heterocycles. The van der Waals surface area contributed by atoms with E-state index in [0.29, 0.717) is 25.7 Å². The molecule has 13 N–H and O–H groups in total. The molecule has 0 aromatic rings. The van der Waals surface area contributed by atoms with Crippen molar-refractivity contribution in [3.8, 4) is 0 Å². The van der Waals surface area contributed by atoms with E-state index in [1.807, 2.05) is 0 Å². The lowest BCUT2D eigenvalue weighted by atomic mass is 10.0. The van der Waals surface area contributed by atoms with Crippen LogP contribution >= 0.6 is 0 Å². The first-order valence-electron chi connectivity index (χ1n) is 12.4. The van der Waals surface area contributed by atoms with Crippen LogP contribution in [0.1, 0.15) is 52.4 Å². The number of nitrogens with two attached hydrogens (primary N) is 5. The summed E-state index contributed by atoms with van der Waals surface area (Å²) < 4.78 is 0. The predicted octanol–water partition coefficient (Wildman–Crippen LogP) is -2.88. The minimum atomic E-state index is -1.21. The SMILES string of the molecule is CC(C)[C@H](N)C(=O)N[C@@H](CCCN=C(N)N)C(=O)N1CCC[C@H]1C(=O)NC(CCCN=C(N)N)C(=O)O. The molecule has 1 aliphatic heterocycles. The summed E-state index contributed by atoms with van der Waals surface area (Å²) >= 11 is 0. The highest BCUT2D eigenvalue weighted by atomic mass is 16.4. The third-order valence-electron chi connectivity index (χ3n) is 5.98. The van der Waals surface area contributed by atoms with Gasteiger partial charge in [-0.1, -0.05) is 13.8 Å². The standard InChI is InChI=1S/C22H42N10O5/c1-12(2)16(23)18(34)30-13(6-3-9-28-21(24)25)19(35)32-11-5-8-15(32)17(33)31-14(20(36)37)7-4-10-29-22(26)27/h12-16H,3-11,23H2,1-2H3,(H,30,34)(H,31,33)(H,36,37)(H4,24,25,28)(H4,26,27,29)/t13-,14?,15-,16-/m0/s1. The maximum atomic E-state index is 13.5. The molecule has 0 bridgehead atoms. The van der Waals surface area contributed by atoms with Gasteiger partial charge in [0.2, 0.25) is 17.7 Å². The van der Waals surface area contributed by atoms with E-state index in [2.05, 4.69) is 20.6 Å². The van der Waals surface area contributed by atoms with E-state index < -0.39 is 47.9 Å². The van der Waals surface area contributed by atoms with Gasteiger partial charge >= 0.3 is 5.97 Å². The van der Waals surface area contributed by atoms with E-state index in [4.69, 9.17) is 28.7 Å². The quantitative estimate of drug-likeness (QED) is 0.0613. The van der Waals surface area contributed by atoms with Gasteiger partial charge in [0, 0.05) is 19.6 Å². The van der Waals surface area contributed by atoms with Gasteiger partial charge in [-0.3, -0.25) is 24.4 Å². The lowest BCUT2D eigenvalue weighted by molar-refractivity contribution is -0.145. The number of aliphatic carboxylic acids is 1. The summed E-state index contributed by atoms with van der Waals surface area (Å²) in [6.07, 6.45) is 1.97. The Labute approximate surface area is 216 Å². The number of carbonyl (C=O) groups excluding carboxylic acids is 3. The minimum Gasteiger partial charge on any atom is -0.480 e. The molecule has 0 spiro atoms. The molecule has 210 valence electrons. The molecule has 3 amide bonds. The molecule has 37 heavy (non-hydrogen) atoms. The van der Waals surface area contributed by atoms with E-state index in [1.54, 1.807) is 13.8 Å². The fourth-order valence-corrected chi connectivity index (χ4v) is 3.86. The monoisotopic (exact) mass is 526 g/mol. The van der Waals surface area contributed by atoms with Gasteiger partial charge in [0.05, 0.1) is 6.04 Å². The van der Waals surface area contributed by atoms with Gasteiger partial charge in [-0.2, -0.15) is 0 Å². The molecule has 1 saturated heterocycles. The number of nitrogens with zero attached hydrogens (tertiary/aromatic N) is 3. The van der Waals surface area contributed by atoms with Crippen LogP contribution in [0.3, 0.4) is 0 Å². The summed E-state index contributed by atoms with van der Waals surface area (Å²) in [4.78, 5) is 59.8. The van der Waals surface area contributed by atoms with Crippen molar-refractivity contribution in [3.05, 3.63) is 0 Å². The number of nitrogens with one attached hydrogen (secondary N) is 2. The predicted molar refractivity (Wildman–Crippen MR) is 139 cm³/mol. The number of carboxylic acids is 1. The zero-order valence-electron chi connectivity index (χ0n) is 21.6. The number of rotatable bonds is 15. The Hall–Kier alpha value is -3.62. The zero-order chi connectivity index (χ0) is 28.1. The summed E-state index contributed by atoms with van der Waals surface area (Å²) in [7, 11) is 0. The van der Waals surface area contributed by atoms with Crippen molar-refractivity contribution in [2.45, 2.75) is 76.5 Å². The van der Waals surface area contributed by atoms with E-state index >= 15 is 0 Å². The van der Waals surface area contributed by atoms with Crippen molar-refractivity contribution in [2.24, 2.45) is 44.6 Å². The lowest BCUT2D eigenvalue weighted by Crippen LogP contribution is -2.57. The van der Waals surface area contributed by atoms with Crippen molar-refractivity contribution < 1.29 is 24.3 Å². The molecule has 1 heterocycles. The van der Waals surface area contributed by atoms with Gasteiger partial charge in [0.25, 0.3) is 0 Å². The molecule has 0 aromatic carbocycles. The van der Waals surface area contributed by atoms with Crippen LogP contribution in [-0.2, 0) is 19.2 Å². The number of hydrogen-bond acceptors (Lipinski definition) is 7. The van der Waals surface area contributed by atoms with Gasteiger partial charge in [0.15, 0.2) is 11.9 Å². The minimum absolute atomic E-state index is 0.0868. The van der Waals surface area contributed by atoms with Crippen molar-refractivity contribution in [2.75, 3.05) is 19.6 Å². The number of carboxylic acid groups (broad SMARTS) is 1. The second-order valence-corrected chi connectivity index (χ2v) is 9.32. The Balaban J connectivity index is 2.94. The summed E-state index contributed by atoms with van der Waals surface area (Å²) in [6.45, 7) is 4.33. The number of carbonyl (C=O) groups is 4. The molecule has 1 rings (SSSR count). The van der Waals surface area contributed by atoms with Crippen LogP contribution in [0, 0.1) is 5.92 Å². The smallest absolute Gasteiger partial charge is 0.326 e. The Bertz CT molecular complexity index is 855. The van der Waals surface area contributed by atoms with Gasteiger partial charge in [-0.15, -0.1) is 0 Å². The van der Waals surface area contributed by atoms with Gasteiger partial charge in [0.1, 0.15) is 18.1 Å². The molecule has 15 nitrogen and oxygen atoms in total. The first-order valence-corrected chi connectivity index (χ1v) is 12.4. The fourth-order valence-electron chi connectivity index (χ4n) is 3.86. The summed E-state index contributed by atoms with van der Waals surface area (Å²) in [5.74, 6) is -3.07. The van der Waals surface area contributed by atoms with Crippen LogP contribution in [0.25, 0.3) is 0 Å². The second kappa shape index (κ2) is 15.5. The van der Waals surface area contributed by atoms with Crippen LogP contribution < -0.4 is 39.3 Å². The van der Waals surface area contributed by atoms with E-state index in [1.165, 1.54) is 4.90 Å². The number of hydrogen-bond donors (Lipinski definition) is 8. The number of amides is 3. The molecule has 0 aliphatic carbocycles. The highest BCUT2D eigenvalue weighted by Crippen LogP contribution is 2.20. The second-order valence-electron chi connectivity index (χ2n) is 9.32.